The first kappa shape index (κ1) is 14.5. The molecular formula is C12H12ClN3O3S. The van der Waals surface area contributed by atoms with E-state index in [0.717, 1.165) is 6.26 Å². The van der Waals surface area contributed by atoms with Gasteiger partial charge in [0.25, 0.3) is 5.91 Å². The number of amides is 1. The van der Waals surface area contributed by atoms with Gasteiger partial charge in [-0.1, -0.05) is 29.8 Å². The summed E-state index contributed by atoms with van der Waals surface area (Å²) >= 11 is 6.13. The number of aromatic nitrogens is 2. The van der Waals surface area contributed by atoms with Crippen molar-refractivity contribution in [1.29, 1.82) is 0 Å². The summed E-state index contributed by atoms with van der Waals surface area (Å²) in [5.74, 6) is -0.794. The van der Waals surface area contributed by atoms with Gasteiger partial charge in [0.15, 0.2) is 0 Å². The number of benzene rings is 1. The minimum Gasteiger partial charge on any atom is -0.268 e. The van der Waals surface area contributed by atoms with Crippen LogP contribution in [0.4, 0.5) is 0 Å². The topological polar surface area (TPSA) is 81.1 Å². The van der Waals surface area contributed by atoms with Crippen molar-refractivity contribution in [3.63, 3.8) is 0 Å². The van der Waals surface area contributed by atoms with Crippen LogP contribution in [0.25, 0.3) is 5.69 Å². The monoisotopic (exact) mass is 313 g/mol. The molecule has 0 unspecified atom stereocenters. The second-order valence-corrected chi connectivity index (χ2v) is 6.31. The molecule has 2 rings (SSSR count). The summed E-state index contributed by atoms with van der Waals surface area (Å²) in [4.78, 5) is 11.9. The number of rotatable bonds is 3. The number of nitrogens with one attached hydrogen (secondary N) is 1. The molecule has 0 saturated heterocycles. The summed E-state index contributed by atoms with van der Waals surface area (Å²) < 4.78 is 25.5. The Kier molecular flexibility index (Phi) is 3.82. The molecule has 0 saturated carbocycles. The van der Waals surface area contributed by atoms with Crippen LogP contribution in [0.2, 0.25) is 5.15 Å². The molecule has 1 amide bonds. The van der Waals surface area contributed by atoms with Crippen LogP contribution in [0.15, 0.2) is 30.3 Å². The highest BCUT2D eigenvalue weighted by Crippen LogP contribution is 2.23. The standard InChI is InChI=1S/C12H12ClN3O3S/c1-8-10(12(17)15-20(2,18)19)11(13)16(14-8)9-6-4-3-5-7-9/h3-7H,1-2H3,(H,15,17). The quantitative estimate of drug-likeness (QED) is 0.931. The highest BCUT2D eigenvalue weighted by atomic mass is 35.5. The van der Waals surface area contributed by atoms with Gasteiger partial charge in [-0.2, -0.15) is 5.10 Å². The Morgan fingerprint density at radius 2 is 1.90 bits per heavy atom. The predicted molar refractivity (Wildman–Crippen MR) is 75.6 cm³/mol. The number of aryl methyl sites for hydroxylation is 1. The second-order valence-electron chi connectivity index (χ2n) is 4.20. The third-order valence-electron chi connectivity index (χ3n) is 2.51. The van der Waals surface area contributed by atoms with Gasteiger partial charge >= 0.3 is 0 Å². The number of hydrogen-bond acceptors (Lipinski definition) is 4. The van der Waals surface area contributed by atoms with Crippen molar-refractivity contribution >= 4 is 27.5 Å². The Balaban J connectivity index is 2.47. The Morgan fingerprint density at radius 3 is 2.45 bits per heavy atom. The number of halogens is 1. The lowest BCUT2D eigenvalue weighted by Crippen LogP contribution is -2.29. The van der Waals surface area contributed by atoms with Crippen molar-refractivity contribution in [3.05, 3.63) is 46.7 Å². The van der Waals surface area contributed by atoms with Gasteiger partial charge in [-0.05, 0) is 19.1 Å². The summed E-state index contributed by atoms with van der Waals surface area (Å²) in [7, 11) is -3.66. The first-order valence-electron chi connectivity index (χ1n) is 5.62. The van der Waals surface area contributed by atoms with Gasteiger partial charge < -0.3 is 0 Å². The van der Waals surface area contributed by atoms with Crippen molar-refractivity contribution in [1.82, 2.24) is 14.5 Å². The highest BCUT2D eigenvalue weighted by molar-refractivity contribution is 7.89. The molecule has 106 valence electrons. The fourth-order valence-corrected chi connectivity index (χ4v) is 2.51. The first-order chi connectivity index (χ1) is 9.29. The zero-order valence-electron chi connectivity index (χ0n) is 10.8. The van der Waals surface area contributed by atoms with E-state index in [-0.39, 0.29) is 10.7 Å². The molecule has 0 spiro atoms. The highest BCUT2D eigenvalue weighted by Gasteiger charge is 2.23. The summed E-state index contributed by atoms with van der Waals surface area (Å²) in [6.45, 7) is 1.59. The van der Waals surface area contributed by atoms with E-state index in [0.29, 0.717) is 11.4 Å². The predicted octanol–water partition coefficient (Wildman–Crippen LogP) is 1.52. The zero-order chi connectivity index (χ0) is 14.9. The lowest BCUT2D eigenvalue weighted by Gasteiger charge is -2.03. The third-order valence-corrected chi connectivity index (χ3v) is 3.42. The van der Waals surface area contributed by atoms with Crippen LogP contribution in [-0.4, -0.2) is 30.4 Å². The van der Waals surface area contributed by atoms with E-state index in [1.54, 1.807) is 31.2 Å². The Bertz CT molecular complexity index is 754. The second kappa shape index (κ2) is 5.26. The average Bonchev–Trinajstić information content (AvgIpc) is 2.64. The maximum absolute atomic E-state index is 11.9. The van der Waals surface area contributed by atoms with E-state index in [1.807, 2.05) is 10.8 Å². The average molecular weight is 314 g/mol. The van der Waals surface area contributed by atoms with Gasteiger partial charge in [0.1, 0.15) is 10.7 Å². The lowest BCUT2D eigenvalue weighted by molar-refractivity contribution is 0.0981. The van der Waals surface area contributed by atoms with Crippen LogP contribution in [-0.2, 0) is 10.0 Å². The molecular weight excluding hydrogens is 302 g/mol. The van der Waals surface area contributed by atoms with Crippen molar-refractivity contribution in [2.45, 2.75) is 6.92 Å². The Hall–Kier alpha value is -1.86. The van der Waals surface area contributed by atoms with E-state index in [4.69, 9.17) is 11.6 Å². The van der Waals surface area contributed by atoms with Gasteiger partial charge in [-0.15, -0.1) is 0 Å². The van der Waals surface area contributed by atoms with E-state index in [2.05, 4.69) is 5.10 Å². The fourth-order valence-electron chi connectivity index (χ4n) is 1.72. The molecule has 0 fully saturated rings. The van der Waals surface area contributed by atoms with Crippen molar-refractivity contribution in [2.75, 3.05) is 6.26 Å². The lowest BCUT2D eigenvalue weighted by atomic mass is 10.2. The van der Waals surface area contributed by atoms with E-state index in [1.165, 1.54) is 4.68 Å². The molecule has 0 radical (unpaired) electrons. The number of carbonyl (C=O) groups excluding carboxylic acids is 1. The largest absolute Gasteiger partial charge is 0.269 e. The molecule has 0 atom stereocenters. The van der Waals surface area contributed by atoms with Crippen LogP contribution in [0.1, 0.15) is 16.1 Å². The Labute approximate surface area is 121 Å². The molecule has 1 aromatic carbocycles. The van der Waals surface area contributed by atoms with Crippen molar-refractivity contribution < 1.29 is 13.2 Å². The molecule has 1 heterocycles. The molecule has 2 aromatic rings. The van der Waals surface area contributed by atoms with Gasteiger partial charge in [0, 0.05) is 0 Å². The summed E-state index contributed by atoms with van der Waals surface area (Å²) in [6, 6.07) is 9.00. The molecule has 0 bridgehead atoms. The number of carbonyl (C=O) groups is 1. The van der Waals surface area contributed by atoms with Crippen LogP contribution < -0.4 is 4.72 Å². The zero-order valence-corrected chi connectivity index (χ0v) is 12.4. The number of nitrogens with zero attached hydrogens (tertiary/aromatic N) is 2. The third kappa shape index (κ3) is 3.00. The van der Waals surface area contributed by atoms with Crippen LogP contribution in [0, 0.1) is 6.92 Å². The number of hydrogen-bond donors (Lipinski definition) is 1. The molecule has 1 N–H and O–H groups in total. The maximum atomic E-state index is 11.9. The van der Waals surface area contributed by atoms with Crippen molar-refractivity contribution in [3.8, 4) is 5.69 Å². The van der Waals surface area contributed by atoms with Crippen molar-refractivity contribution in [2.24, 2.45) is 0 Å². The van der Waals surface area contributed by atoms with E-state index < -0.39 is 15.9 Å². The smallest absolute Gasteiger partial charge is 0.268 e. The summed E-state index contributed by atoms with van der Waals surface area (Å²) in [5.41, 5.74) is 1.07. The van der Waals surface area contributed by atoms with Crippen LogP contribution in [0.5, 0.6) is 0 Å². The van der Waals surface area contributed by atoms with Gasteiger partial charge in [-0.3, -0.25) is 4.79 Å². The number of sulfonamides is 1. The van der Waals surface area contributed by atoms with Crippen LogP contribution in [0.3, 0.4) is 0 Å². The molecule has 8 heteroatoms. The molecule has 0 aliphatic carbocycles. The molecule has 0 aliphatic rings. The molecule has 0 aliphatic heterocycles. The fraction of sp³-hybridized carbons (Fsp3) is 0.167. The first-order valence-corrected chi connectivity index (χ1v) is 7.89. The SMILES string of the molecule is Cc1nn(-c2ccccc2)c(Cl)c1C(=O)NS(C)(=O)=O. The number of para-hydroxylation sites is 1. The van der Waals surface area contributed by atoms with Crippen LogP contribution >= 0.6 is 11.6 Å². The van der Waals surface area contributed by atoms with E-state index >= 15 is 0 Å². The van der Waals surface area contributed by atoms with E-state index in [9.17, 15) is 13.2 Å². The minimum atomic E-state index is -3.66. The molecule has 1 aromatic heterocycles. The minimum absolute atomic E-state index is 0.0425. The normalized spacial score (nSPS) is 11.3. The summed E-state index contributed by atoms with van der Waals surface area (Å²) in [5, 5.41) is 4.23. The van der Waals surface area contributed by atoms with Gasteiger partial charge in [0.05, 0.1) is 17.6 Å². The maximum Gasteiger partial charge on any atom is 0.269 e. The summed E-state index contributed by atoms with van der Waals surface area (Å²) in [6.07, 6.45) is 0.899. The van der Waals surface area contributed by atoms with Gasteiger partial charge in [-0.25, -0.2) is 17.8 Å². The Morgan fingerprint density at radius 1 is 1.30 bits per heavy atom. The van der Waals surface area contributed by atoms with Gasteiger partial charge in [0.2, 0.25) is 10.0 Å². The molecule has 6 nitrogen and oxygen atoms in total. The molecule has 20 heavy (non-hydrogen) atoms.